The van der Waals surface area contributed by atoms with Gasteiger partial charge in [0.15, 0.2) is 0 Å². The number of nitrogens with zero attached hydrogens (tertiary/aromatic N) is 3. The summed E-state index contributed by atoms with van der Waals surface area (Å²) in [4.78, 5) is 19.6. The second-order valence-corrected chi connectivity index (χ2v) is 6.83. The van der Waals surface area contributed by atoms with Crippen LogP contribution in [-0.2, 0) is 11.8 Å². The highest BCUT2D eigenvalue weighted by molar-refractivity contribution is 5.90. The number of amides is 2. The van der Waals surface area contributed by atoms with Crippen LogP contribution in [0.4, 0.5) is 10.7 Å². The minimum Gasteiger partial charge on any atom is -0.380 e. The number of hydrogen-bond acceptors (Lipinski definition) is 4. The number of benzene rings is 1. The third-order valence-electron chi connectivity index (χ3n) is 4.33. The first-order chi connectivity index (χ1) is 12.0. The van der Waals surface area contributed by atoms with Gasteiger partial charge in [0, 0.05) is 30.8 Å². The number of ether oxygens (including phenoxy) is 1. The number of aromatic amines is 1. The molecule has 1 aliphatic heterocycles. The fraction of sp³-hybridized carbons (Fsp3) is 0.353. The van der Waals surface area contributed by atoms with E-state index < -0.39 is 0 Å². The Morgan fingerprint density at radius 2 is 2.24 bits per heavy atom. The van der Waals surface area contributed by atoms with E-state index in [2.05, 4.69) is 32.6 Å². The first-order valence-corrected chi connectivity index (χ1v) is 8.12. The molecule has 1 fully saturated rings. The van der Waals surface area contributed by atoms with Crippen LogP contribution in [-0.4, -0.2) is 45.5 Å². The van der Waals surface area contributed by atoms with E-state index in [9.17, 15) is 4.79 Å². The molecular weight excluding hydrogens is 320 g/mol. The quantitative estimate of drug-likeness (QED) is 0.678. The van der Waals surface area contributed by atoms with Crippen molar-refractivity contribution in [2.45, 2.75) is 6.92 Å². The van der Waals surface area contributed by atoms with Gasteiger partial charge in [0.25, 0.3) is 0 Å². The molecule has 0 unspecified atom stereocenters. The van der Waals surface area contributed by atoms with Gasteiger partial charge < -0.3 is 15.0 Å². The Kier molecular flexibility index (Phi) is 3.69. The van der Waals surface area contributed by atoms with Crippen molar-refractivity contribution in [1.29, 1.82) is 0 Å². The van der Waals surface area contributed by atoms with E-state index in [4.69, 9.17) is 4.74 Å². The summed E-state index contributed by atoms with van der Waals surface area (Å²) in [7, 11) is 1.88. The van der Waals surface area contributed by atoms with Gasteiger partial charge in [-0.25, -0.2) is 9.78 Å². The maximum Gasteiger partial charge on any atom is 0.321 e. The predicted molar refractivity (Wildman–Crippen MR) is 94.2 cm³/mol. The van der Waals surface area contributed by atoms with Gasteiger partial charge in [0.2, 0.25) is 5.95 Å². The molecule has 0 spiro atoms. The predicted octanol–water partition coefficient (Wildman–Crippen LogP) is 2.12. The number of anilines is 1. The van der Waals surface area contributed by atoms with E-state index in [0.717, 1.165) is 22.2 Å². The lowest BCUT2D eigenvalue weighted by Gasteiger charge is -2.37. The molecule has 3 aromatic rings. The monoisotopic (exact) mass is 340 g/mol. The first-order valence-electron chi connectivity index (χ1n) is 8.12. The molecule has 2 aromatic heterocycles. The molecule has 2 amide bonds. The summed E-state index contributed by atoms with van der Waals surface area (Å²) in [5.74, 6) is 0.422. The van der Waals surface area contributed by atoms with E-state index >= 15 is 0 Å². The molecule has 25 heavy (non-hydrogen) atoms. The van der Waals surface area contributed by atoms with Crippen LogP contribution in [0, 0.1) is 5.41 Å². The summed E-state index contributed by atoms with van der Waals surface area (Å²) < 4.78 is 6.94. The summed E-state index contributed by atoms with van der Waals surface area (Å²) in [5, 5.41) is 9.78. The molecule has 1 aromatic carbocycles. The average Bonchev–Trinajstić information content (AvgIpc) is 3.15. The van der Waals surface area contributed by atoms with E-state index in [1.54, 1.807) is 4.68 Å². The van der Waals surface area contributed by atoms with Gasteiger partial charge in [0.05, 0.1) is 30.4 Å². The molecule has 1 aliphatic rings. The van der Waals surface area contributed by atoms with Crippen molar-refractivity contribution in [3.05, 3.63) is 30.6 Å². The van der Waals surface area contributed by atoms with Crippen molar-refractivity contribution >= 4 is 23.0 Å². The fourth-order valence-corrected chi connectivity index (χ4v) is 2.82. The lowest BCUT2D eigenvalue weighted by molar-refractivity contribution is -0.0974. The highest BCUT2D eigenvalue weighted by Crippen LogP contribution is 2.25. The summed E-state index contributed by atoms with van der Waals surface area (Å²) in [6.07, 6.45) is 3.77. The van der Waals surface area contributed by atoms with Crippen molar-refractivity contribution in [1.82, 2.24) is 25.1 Å². The minimum atomic E-state index is -0.278. The number of aromatic nitrogens is 4. The highest BCUT2D eigenvalue weighted by Gasteiger charge is 2.33. The number of carbonyl (C=O) groups is 1. The van der Waals surface area contributed by atoms with Crippen LogP contribution >= 0.6 is 0 Å². The third-order valence-corrected chi connectivity index (χ3v) is 4.33. The van der Waals surface area contributed by atoms with Crippen LogP contribution in [0.25, 0.3) is 22.2 Å². The van der Waals surface area contributed by atoms with Gasteiger partial charge >= 0.3 is 6.03 Å². The van der Waals surface area contributed by atoms with Crippen LogP contribution in [0.15, 0.2) is 30.6 Å². The fourth-order valence-electron chi connectivity index (χ4n) is 2.82. The Morgan fingerprint density at radius 1 is 1.40 bits per heavy atom. The van der Waals surface area contributed by atoms with Crippen LogP contribution in [0.1, 0.15) is 6.92 Å². The summed E-state index contributed by atoms with van der Waals surface area (Å²) in [6, 6.07) is 5.63. The van der Waals surface area contributed by atoms with Gasteiger partial charge in [0.1, 0.15) is 0 Å². The Balaban J connectivity index is 1.46. The van der Waals surface area contributed by atoms with Crippen LogP contribution in [0.3, 0.4) is 0 Å². The number of hydrogen-bond donors (Lipinski definition) is 3. The van der Waals surface area contributed by atoms with Crippen molar-refractivity contribution in [3.8, 4) is 11.1 Å². The van der Waals surface area contributed by atoms with Gasteiger partial charge in [-0.1, -0.05) is 13.0 Å². The van der Waals surface area contributed by atoms with Crippen molar-refractivity contribution in [2.75, 3.05) is 25.1 Å². The summed E-state index contributed by atoms with van der Waals surface area (Å²) in [5.41, 5.74) is 3.75. The molecule has 0 saturated carbocycles. The molecule has 0 aliphatic carbocycles. The zero-order chi connectivity index (χ0) is 17.4. The zero-order valence-electron chi connectivity index (χ0n) is 14.2. The first kappa shape index (κ1) is 15.6. The smallest absolute Gasteiger partial charge is 0.321 e. The topological polar surface area (TPSA) is 96.9 Å². The number of rotatable bonds is 4. The molecule has 0 radical (unpaired) electrons. The molecular formula is C17H20N6O2. The summed E-state index contributed by atoms with van der Waals surface area (Å²) in [6.45, 7) is 4.01. The maximum atomic E-state index is 12.0. The number of imidazole rings is 1. The molecule has 8 nitrogen and oxygen atoms in total. The standard InChI is InChI=1S/C17H20N6O2/c1-17(9-25-10-17)8-18-16(24)22-15-20-13-4-3-11(5-14(13)21-15)12-6-19-23(2)7-12/h3-7H,8-10H2,1-2H3,(H3,18,20,21,22,24). The van der Waals surface area contributed by atoms with Gasteiger partial charge in [-0.2, -0.15) is 5.10 Å². The van der Waals surface area contributed by atoms with Crippen LogP contribution < -0.4 is 10.6 Å². The molecule has 4 rings (SSSR count). The lowest BCUT2D eigenvalue weighted by Crippen LogP contribution is -2.49. The molecule has 1 saturated heterocycles. The molecule has 8 heteroatoms. The Labute approximate surface area is 144 Å². The van der Waals surface area contributed by atoms with Crippen LogP contribution in [0.5, 0.6) is 0 Å². The van der Waals surface area contributed by atoms with Gasteiger partial charge in [-0.05, 0) is 17.7 Å². The molecule has 130 valence electrons. The van der Waals surface area contributed by atoms with Crippen molar-refractivity contribution in [2.24, 2.45) is 12.5 Å². The number of aryl methyl sites for hydroxylation is 1. The van der Waals surface area contributed by atoms with Gasteiger partial charge in [-0.15, -0.1) is 0 Å². The second kappa shape index (κ2) is 5.89. The Hall–Kier alpha value is -2.87. The number of nitrogens with one attached hydrogen (secondary N) is 3. The molecule has 0 atom stereocenters. The van der Waals surface area contributed by atoms with E-state index in [-0.39, 0.29) is 11.4 Å². The van der Waals surface area contributed by atoms with E-state index in [1.807, 2.05) is 37.6 Å². The Bertz CT molecular complexity index is 924. The lowest BCUT2D eigenvalue weighted by atomic mass is 9.89. The largest absolute Gasteiger partial charge is 0.380 e. The normalized spacial score (nSPS) is 15.8. The Morgan fingerprint density at radius 3 is 2.92 bits per heavy atom. The number of urea groups is 1. The molecule has 0 bridgehead atoms. The van der Waals surface area contributed by atoms with Crippen LogP contribution in [0.2, 0.25) is 0 Å². The highest BCUT2D eigenvalue weighted by atomic mass is 16.5. The second-order valence-electron chi connectivity index (χ2n) is 6.83. The maximum absolute atomic E-state index is 12.0. The van der Waals surface area contributed by atoms with E-state index in [0.29, 0.717) is 25.7 Å². The third kappa shape index (κ3) is 3.20. The minimum absolute atomic E-state index is 0.0316. The van der Waals surface area contributed by atoms with Crippen molar-refractivity contribution < 1.29 is 9.53 Å². The zero-order valence-corrected chi connectivity index (χ0v) is 14.2. The van der Waals surface area contributed by atoms with E-state index in [1.165, 1.54) is 0 Å². The summed E-state index contributed by atoms with van der Waals surface area (Å²) >= 11 is 0. The average molecular weight is 340 g/mol. The molecule has 3 N–H and O–H groups in total. The van der Waals surface area contributed by atoms with Crippen molar-refractivity contribution in [3.63, 3.8) is 0 Å². The number of fused-ring (bicyclic) bond motifs is 1. The number of H-pyrrole nitrogens is 1. The molecule has 3 heterocycles. The number of carbonyl (C=O) groups excluding carboxylic acids is 1. The SMILES string of the molecule is Cn1cc(-c2ccc3nc(NC(=O)NCC4(C)COC4)[nH]c3c2)cn1. The van der Waals surface area contributed by atoms with Gasteiger partial charge in [-0.3, -0.25) is 10.00 Å².